The summed E-state index contributed by atoms with van der Waals surface area (Å²) < 4.78 is 0. The summed E-state index contributed by atoms with van der Waals surface area (Å²) in [5.74, 6) is 2.30. The topological polar surface area (TPSA) is 74.3 Å². The summed E-state index contributed by atoms with van der Waals surface area (Å²) in [5, 5.41) is 22.2. The molecule has 25 heavy (non-hydrogen) atoms. The average Bonchev–Trinajstić information content (AvgIpc) is 3.24. The van der Waals surface area contributed by atoms with Crippen molar-refractivity contribution in [3.8, 4) is 0 Å². The summed E-state index contributed by atoms with van der Waals surface area (Å²) in [4.78, 5) is 13.2. The molecule has 0 N–H and O–H groups in total. The minimum atomic E-state index is -0.360. The van der Waals surface area contributed by atoms with Crippen LogP contribution in [0.2, 0.25) is 0 Å². The summed E-state index contributed by atoms with van der Waals surface area (Å²) in [5.41, 5.74) is 0.811. The van der Waals surface area contributed by atoms with Gasteiger partial charge in [-0.1, -0.05) is 5.22 Å². The van der Waals surface area contributed by atoms with Crippen molar-refractivity contribution in [1.82, 2.24) is 4.90 Å². The molecular weight excluding hydrogens is 338 g/mol. The second-order valence-electron chi connectivity index (χ2n) is 6.88. The second kappa shape index (κ2) is 6.92. The van der Waals surface area contributed by atoms with E-state index >= 15 is 0 Å². The molecule has 0 bridgehead atoms. The zero-order valence-corrected chi connectivity index (χ0v) is 15.0. The summed E-state index contributed by atoms with van der Waals surface area (Å²) in [6, 6.07) is 6.92. The zero-order chi connectivity index (χ0) is 17.3. The standard InChI is InChI=1S/C17H23N5O2S/c23-22(24)15-6-4-14(5-7-15)21-17(20-10-1-2-11-20)9-3-12-25-13-8-16(17)18-19-21/h4-7,16H,1-3,8-13H2. The van der Waals surface area contributed by atoms with Crippen LogP contribution >= 0.6 is 11.8 Å². The first-order valence-electron chi connectivity index (χ1n) is 9.00. The highest BCUT2D eigenvalue weighted by molar-refractivity contribution is 7.99. The van der Waals surface area contributed by atoms with Crippen molar-refractivity contribution in [2.75, 3.05) is 29.6 Å². The maximum atomic E-state index is 11.0. The molecule has 2 fully saturated rings. The minimum Gasteiger partial charge on any atom is -0.277 e. The third-order valence-electron chi connectivity index (χ3n) is 5.51. The van der Waals surface area contributed by atoms with Crippen molar-refractivity contribution in [2.45, 2.75) is 43.8 Å². The zero-order valence-electron chi connectivity index (χ0n) is 14.2. The molecule has 0 radical (unpaired) electrons. The summed E-state index contributed by atoms with van der Waals surface area (Å²) in [6.07, 6.45) is 5.66. The molecule has 8 heteroatoms. The highest BCUT2D eigenvalue weighted by Crippen LogP contribution is 2.44. The SMILES string of the molecule is O=[N+]([O-])c1ccc(N2N=NC3CCSCCCC32N2CCCC2)cc1. The van der Waals surface area contributed by atoms with Crippen molar-refractivity contribution in [3.63, 3.8) is 0 Å². The Morgan fingerprint density at radius 3 is 2.64 bits per heavy atom. The van der Waals surface area contributed by atoms with Gasteiger partial charge in [0.05, 0.1) is 10.6 Å². The average molecular weight is 361 g/mol. The number of hydrogen-bond donors (Lipinski definition) is 0. The number of nitro benzene ring substituents is 1. The molecule has 3 heterocycles. The van der Waals surface area contributed by atoms with Gasteiger partial charge in [-0.05, 0) is 55.7 Å². The number of rotatable bonds is 3. The van der Waals surface area contributed by atoms with Gasteiger partial charge in [0.25, 0.3) is 5.69 Å². The van der Waals surface area contributed by atoms with Crippen LogP contribution in [-0.2, 0) is 0 Å². The summed E-state index contributed by atoms with van der Waals surface area (Å²) in [7, 11) is 0. The molecule has 0 saturated carbocycles. The minimum absolute atomic E-state index is 0.112. The molecule has 2 unspecified atom stereocenters. The molecule has 7 nitrogen and oxygen atoms in total. The Labute approximate surface area is 151 Å². The molecule has 1 aromatic rings. The molecular formula is C17H23N5O2S. The summed E-state index contributed by atoms with van der Waals surface area (Å²) >= 11 is 2.01. The van der Waals surface area contributed by atoms with E-state index in [-0.39, 0.29) is 22.3 Å². The fraction of sp³-hybridized carbons (Fsp3) is 0.647. The van der Waals surface area contributed by atoms with Crippen LogP contribution in [0.25, 0.3) is 0 Å². The first kappa shape index (κ1) is 16.8. The van der Waals surface area contributed by atoms with Gasteiger partial charge >= 0.3 is 0 Å². The van der Waals surface area contributed by atoms with Crippen LogP contribution in [0.15, 0.2) is 34.6 Å². The van der Waals surface area contributed by atoms with Crippen LogP contribution < -0.4 is 5.01 Å². The lowest BCUT2D eigenvalue weighted by Crippen LogP contribution is -2.62. The van der Waals surface area contributed by atoms with Crippen LogP contribution in [0.5, 0.6) is 0 Å². The Kier molecular flexibility index (Phi) is 4.64. The van der Waals surface area contributed by atoms with Crippen LogP contribution in [-0.4, -0.2) is 46.1 Å². The third kappa shape index (κ3) is 2.91. The Bertz CT molecular complexity index is 662. The molecule has 0 aromatic heterocycles. The van der Waals surface area contributed by atoms with Gasteiger partial charge in [0.15, 0.2) is 0 Å². The Morgan fingerprint density at radius 2 is 1.92 bits per heavy atom. The van der Waals surface area contributed by atoms with Gasteiger partial charge in [0, 0.05) is 25.2 Å². The number of nitrogens with zero attached hydrogens (tertiary/aromatic N) is 5. The summed E-state index contributed by atoms with van der Waals surface area (Å²) in [6.45, 7) is 2.16. The van der Waals surface area contributed by atoms with Crippen molar-refractivity contribution >= 4 is 23.1 Å². The maximum Gasteiger partial charge on any atom is 0.269 e. The van der Waals surface area contributed by atoms with Gasteiger partial charge in [0.1, 0.15) is 11.7 Å². The Hall–Kier alpha value is -1.67. The molecule has 0 spiro atoms. The number of non-ortho nitro benzene ring substituents is 1. The Morgan fingerprint density at radius 1 is 1.16 bits per heavy atom. The lowest BCUT2D eigenvalue weighted by atomic mass is 9.90. The smallest absolute Gasteiger partial charge is 0.269 e. The van der Waals surface area contributed by atoms with Crippen LogP contribution in [0.4, 0.5) is 11.4 Å². The second-order valence-corrected chi connectivity index (χ2v) is 8.11. The molecule has 3 aliphatic heterocycles. The third-order valence-corrected chi connectivity index (χ3v) is 6.61. The lowest BCUT2D eigenvalue weighted by Gasteiger charge is -2.47. The number of fused-ring (bicyclic) bond motifs is 1. The number of likely N-dealkylation sites (tertiary alicyclic amines) is 1. The highest BCUT2D eigenvalue weighted by Gasteiger charge is 2.53. The van der Waals surface area contributed by atoms with Crippen LogP contribution in [0.1, 0.15) is 32.1 Å². The van der Waals surface area contributed by atoms with Crippen molar-refractivity contribution in [1.29, 1.82) is 0 Å². The normalized spacial score (nSPS) is 30.1. The van der Waals surface area contributed by atoms with Crippen molar-refractivity contribution in [3.05, 3.63) is 34.4 Å². The number of anilines is 1. The quantitative estimate of drug-likeness (QED) is 0.604. The predicted octanol–water partition coefficient (Wildman–Crippen LogP) is 3.86. The molecule has 1 aromatic carbocycles. The van der Waals surface area contributed by atoms with Crippen LogP contribution in [0.3, 0.4) is 0 Å². The first-order valence-corrected chi connectivity index (χ1v) is 10.2. The van der Waals surface area contributed by atoms with Crippen molar-refractivity contribution < 1.29 is 4.92 Å². The van der Waals surface area contributed by atoms with Crippen molar-refractivity contribution in [2.24, 2.45) is 10.3 Å². The largest absolute Gasteiger partial charge is 0.277 e. The van der Waals surface area contributed by atoms with Gasteiger partial charge in [0.2, 0.25) is 0 Å². The van der Waals surface area contributed by atoms with E-state index in [4.69, 9.17) is 0 Å². The fourth-order valence-electron chi connectivity index (χ4n) is 4.32. The molecule has 2 saturated heterocycles. The van der Waals surface area contributed by atoms with E-state index in [1.165, 1.54) is 18.6 Å². The number of thioether (sulfide) groups is 1. The van der Waals surface area contributed by atoms with E-state index in [1.54, 1.807) is 12.1 Å². The van der Waals surface area contributed by atoms with Gasteiger partial charge in [-0.3, -0.25) is 15.0 Å². The van der Waals surface area contributed by atoms with Gasteiger partial charge in [-0.25, -0.2) is 5.01 Å². The number of hydrogen-bond acceptors (Lipinski definition) is 7. The maximum absolute atomic E-state index is 11.0. The molecule has 3 aliphatic rings. The lowest BCUT2D eigenvalue weighted by molar-refractivity contribution is -0.384. The van der Waals surface area contributed by atoms with E-state index in [1.807, 2.05) is 23.9 Å². The molecule has 4 rings (SSSR count). The number of benzene rings is 1. The van der Waals surface area contributed by atoms with E-state index < -0.39 is 0 Å². The first-order chi connectivity index (χ1) is 12.2. The van der Waals surface area contributed by atoms with E-state index in [9.17, 15) is 10.1 Å². The Balaban J connectivity index is 1.71. The highest BCUT2D eigenvalue weighted by atomic mass is 32.2. The predicted molar refractivity (Wildman–Crippen MR) is 98.9 cm³/mol. The monoisotopic (exact) mass is 361 g/mol. The van der Waals surface area contributed by atoms with E-state index in [2.05, 4.69) is 20.2 Å². The fourth-order valence-corrected chi connectivity index (χ4v) is 5.26. The van der Waals surface area contributed by atoms with E-state index in [0.717, 1.165) is 43.8 Å². The molecule has 0 aliphatic carbocycles. The molecule has 134 valence electrons. The van der Waals surface area contributed by atoms with Gasteiger partial charge in [-0.15, -0.1) is 0 Å². The molecule has 0 amide bonds. The number of nitro groups is 1. The van der Waals surface area contributed by atoms with Gasteiger partial charge in [-0.2, -0.15) is 16.9 Å². The van der Waals surface area contributed by atoms with Crippen LogP contribution in [0, 0.1) is 10.1 Å². The van der Waals surface area contributed by atoms with E-state index in [0.29, 0.717) is 0 Å². The van der Waals surface area contributed by atoms with Gasteiger partial charge < -0.3 is 0 Å². The molecule has 2 atom stereocenters.